The number of aromatic nitrogens is 1. The first-order valence-electron chi connectivity index (χ1n) is 15.1. The monoisotopic (exact) mass is 623 g/mol. The summed E-state index contributed by atoms with van der Waals surface area (Å²) in [7, 11) is 0. The van der Waals surface area contributed by atoms with Gasteiger partial charge >= 0.3 is 12.3 Å². The van der Waals surface area contributed by atoms with Gasteiger partial charge in [0.25, 0.3) is 0 Å². The Balaban J connectivity index is 1.79. The van der Waals surface area contributed by atoms with Gasteiger partial charge < -0.3 is 18.8 Å². The molecule has 0 saturated heterocycles. The molecule has 0 aliphatic carbocycles. The van der Waals surface area contributed by atoms with Crippen molar-refractivity contribution in [3.63, 3.8) is 0 Å². The van der Waals surface area contributed by atoms with E-state index in [9.17, 15) is 26.7 Å². The Bertz CT molecular complexity index is 1380. The van der Waals surface area contributed by atoms with Crippen LogP contribution in [-0.4, -0.2) is 36.0 Å². The number of aryl methyl sites for hydroxylation is 1. The van der Waals surface area contributed by atoms with Crippen molar-refractivity contribution in [3.8, 4) is 22.8 Å². The van der Waals surface area contributed by atoms with Crippen LogP contribution >= 0.6 is 0 Å². The summed E-state index contributed by atoms with van der Waals surface area (Å²) in [6.07, 6.45) is -0.965. The van der Waals surface area contributed by atoms with Crippen LogP contribution in [0.15, 0.2) is 55.1 Å². The van der Waals surface area contributed by atoms with Crippen LogP contribution in [0.5, 0.6) is 11.5 Å². The molecule has 0 aliphatic rings. The second-order valence-electron chi connectivity index (χ2n) is 11.4. The molecule has 10 heteroatoms. The summed E-state index contributed by atoms with van der Waals surface area (Å²) in [6.45, 7) is 9.86. The van der Waals surface area contributed by atoms with Gasteiger partial charge in [0.05, 0.1) is 24.4 Å². The van der Waals surface area contributed by atoms with E-state index >= 15 is 0 Å². The molecule has 2 aromatic carbocycles. The number of alkyl halides is 5. The molecular weight excluding hydrogens is 581 g/mol. The lowest BCUT2D eigenvalue weighted by atomic mass is 10.0. The van der Waals surface area contributed by atoms with Crippen molar-refractivity contribution in [2.24, 2.45) is 5.92 Å². The van der Waals surface area contributed by atoms with Crippen LogP contribution in [-0.2, 0) is 22.5 Å². The molecule has 0 unspecified atom stereocenters. The van der Waals surface area contributed by atoms with Gasteiger partial charge in [-0.2, -0.15) is 0 Å². The van der Waals surface area contributed by atoms with E-state index in [1.165, 1.54) is 6.07 Å². The number of nitrogens with zero attached hydrogens (tertiary/aromatic N) is 1. The molecule has 0 radical (unpaired) electrons. The fraction of sp³-hybridized carbons (Fsp3) is 0.500. The largest absolute Gasteiger partial charge is 0.573 e. The average molecular weight is 624 g/mol. The maximum absolute atomic E-state index is 14.2. The summed E-state index contributed by atoms with van der Waals surface area (Å²) < 4.78 is 85.9. The van der Waals surface area contributed by atoms with Crippen LogP contribution in [0.4, 0.5) is 22.0 Å². The lowest BCUT2D eigenvalue weighted by Crippen LogP contribution is -2.18. The normalized spacial score (nSPS) is 12.1. The molecule has 242 valence electrons. The molecule has 5 nitrogen and oxygen atoms in total. The minimum absolute atomic E-state index is 0.0383. The number of carbonyl (C=O) groups is 1. The predicted molar refractivity (Wildman–Crippen MR) is 162 cm³/mol. The van der Waals surface area contributed by atoms with Crippen molar-refractivity contribution < 1.29 is 41.0 Å². The van der Waals surface area contributed by atoms with Gasteiger partial charge in [-0.25, -0.2) is 13.6 Å². The zero-order chi connectivity index (χ0) is 32.3. The minimum atomic E-state index is -4.85. The van der Waals surface area contributed by atoms with Crippen molar-refractivity contribution in [1.82, 2.24) is 4.57 Å². The first kappa shape index (κ1) is 34.9. The molecule has 0 fully saturated rings. The molecule has 0 aliphatic heterocycles. The van der Waals surface area contributed by atoms with Crippen LogP contribution < -0.4 is 9.47 Å². The Labute approximate surface area is 256 Å². The maximum atomic E-state index is 14.2. The number of hydrogen-bond acceptors (Lipinski definition) is 4. The lowest BCUT2D eigenvalue weighted by Gasteiger charge is -2.18. The fourth-order valence-corrected chi connectivity index (χ4v) is 5.04. The highest BCUT2D eigenvalue weighted by Gasteiger charge is 2.33. The minimum Gasteiger partial charge on any atom is -0.494 e. The van der Waals surface area contributed by atoms with Crippen molar-refractivity contribution in [2.75, 3.05) is 13.2 Å². The summed E-state index contributed by atoms with van der Waals surface area (Å²) in [5, 5.41) is 0.807. The molecule has 0 saturated carbocycles. The molecule has 1 heterocycles. The van der Waals surface area contributed by atoms with E-state index in [0.29, 0.717) is 30.0 Å². The van der Waals surface area contributed by atoms with Crippen molar-refractivity contribution in [1.29, 1.82) is 0 Å². The smallest absolute Gasteiger partial charge is 0.494 e. The van der Waals surface area contributed by atoms with Crippen LogP contribution in [0.25, 0.3) is 22.2 Å². The third kappa shape index (κ3) is 10.9. The lowest BCUT2D eigenvalue weighted by molar-refractivity contribution is -0.274. The quantitative estimate of drug-likeness (QED) is 0.0613. The summed E-state index contributed by atoms with van der Waals surface area (Å²) in [5.41, 5.74) is 2.46. The second kappa shape index (κ2) is 16.0. The molecule has 0 N–H and O–H groups in total. The first-order valence-corrected chi connectivity index (χ1v) is 15.1. The number of rotatable bonds is 18. The highest BCUT2D eigenvalue weighted by Crippen LogP contribution is 2.39. The Kier molecular flexibility index (Phi) is 12.7. The number of esters is 1. The van der Waals surface area contributed by atoms with E-state index in [1.54, 1.807) is 18.2 Å². The van der Waals surface area contributed by atoms with Gasteiger partial charge in [0.2, 0.25) is 5.92 Å². The van der Waals surface area contributed by atoms with Gasteiger partial charge in [-0.05, 0) is 67.5 Å². The fourth-order valence-electron chi connectivity index (χ4n) is 5.04. The molecule has 1 aromatic heterocycles. The van der Waals surface area contributed by atoms with Crippen LogP contribution in [0.2, 0.25) is 0 Å². The standard InChI is InChI=1S/C34H42F5NO4/c1-5-7-8-11-25-12-15-28(31(20-25)44-34(37,38)39)30-21-26-13-14-27(22-29(26)40(30)23-24(3)4)42-18-9-16-33(35,36)17-10-19-43-32(41)6-2/h6,12-15,20-22,24H,2,5,7-11,16-19,23H2,1,3-4H3. The van der Waals surface area contributed by atoms with Crippen molar-refractivity contribution in [2.45, 2.75) is 91.0 Å². The number of fused-ring (bicyclic) bond motifs is 1. The molecule has 0 amide bonds. The topological polar surface area (TPSA) is 49.7 Å². The number of halogens is 5. The zero-order valence-corrected chi connectivity index (χ0v) is 25.7. The first-order chi connectivity index (χ1) is 20.8. The Hall–Kier alpha value is -3.56. The number of carbonyl (C=O) groups excluding carboxylic acids is 1. The van der Waals surface area contributed by atoms with Gasteiger partial charge in [-0.1, -0.05) is 46.3 Å². The SMILES string of the molecule is C=CC(=O)OCCCC(F)(F)CCCOc1ccc2cc(-c3ccc(CCCCC)cc3OC(F)(F)F)n(CC(C)C)c2c1. The van der Waals surface area contributed by atoms with Gasteiger partial charge in [0, 0.05) is 42.5 Å². The van der Waals surface area contributed by atoms with Gasteiger partial charge in [0.15, 0.2) is 0 Å². The number of unbranched alkanes of at least 4 members (excludes halogenated alkanes) is 2. The zero-order valence-electron chi connectivity index (χ0n) is 25.7. The van der Waals surface area contributed by atoms with E-state index in [0.717, 1.165) is 41.8 Å². The van der Waals surface area contributed by atoms with Gasteiger partial charge in [-0.3, -0.25) is 0 Å². The number of ether oxygens (including phenoxy) is 3. The summed E-state index contributed by atoms with van der Waals surface area (Å²) in [4.78, 5) is 11.0. The van der Waals surface area contributed by atoms with Crippen LogP contribution in [0, 0.1) is 5.92 Å². The van der Waals surface area contributed by atoms with Crippen molar-refractivity contribution >= 4 is 16.9 Å². The Morgan fingerprint density at radius 3 is 2.34 bits per heavy atom. The van der Waals surface area contributed by atoms with E-state index in [4.69, 9.17) is 9.47 Å². The summed E-state index contributed by atoms with van der Waals surface area (Å²) >= 11 is 0. The highest BCUT2D eigenvalue weighted by molar-refractivity contribution is 5.89. The van der Waals surface area contributed by atoms with Crippen LogP contribution in [0.1, 0.15) is 71.3 Å². The van der Waals surface area contributed by atoms with E-state index in [2.05, 4.69) is 18.2 Å². The van der Waals surface area contributed by atoms with Gasteiger partial charge in [0.1, 0.15) is 11.5 Å². The molecule has 3 rings (SSSR count). The van der Waals surface area contributed by atoms with E-state index in [1.807, 2.05) is 36.6 Å². The Morgan fingerprint density at radius 1 is 0.955 bits per heavy atom. The maximum Gasteiger partial charge on any atom is 0.573 e. The molecule has 0 atom stereocenters. The van der Waals surface area contributed by atoms with E-state index < -0.39 is 24.7 Å². The summed E-state index contributed by atoms with van der Waals surface area (Å²) in [6, 6.07) is 12.2. The average Bonchev–Trinajstić information content (AvgIpc) is 3.29. The van der Waals surface area contributed by atoms with Crippen LogP contribution in [0.3, 0.4) is 0 Å². The number of benzene rings is 2. The highest BCUT2D eigenvalue weighted by atomic mass is 19.4. The number of hydrogen-bond donors (Lipinski definition) is 0. The predicted octanol–water partition coefficient (Wildman–Crippen LogP) is 9.90. The third-order valence-corrected chi connectivity index (χ3v) is 7.09. The third-order valence-electron chi connectivity index (χ3n) is 7.09. The molecular formula is C34H42F5NO4. The summed E-state index contributed by atoms with van der Waals surface area (Å²) in [5.74, 6) is -3.15. The molecule has 44 heavy (non-hydrogen) atoms. The van der Waals surface area contributed by atoms with E-state index in [-0.39, 0.29) is 44.1 Å². The van der Waals surface area contributed by atoms with Gasteiger partial charge in [-0.15, -0.1) is 13.2 Å². The molecule has 3 aromatic rings. The van der Waals surface area contributed by atoms with Crippen molar-refractivity contribution in [3.05, 3.63) is 60.7 Å². The molecule has 0 spiro atoms. The molecule has 0 bridgehead atoms. The second-order valence-corrected chi connectivity index (χ2v) is 11.4. The Morgan fingerprint density at radius 2 is 1.68 bits per heavy atom.